The number of aryl methyl sites for hydroxylation is 2. The number of carbonyl (C=O) groups excluding carboxylic acids is 1. The van der Waals surface area contributed by atoms with E-state index in [0.717, 1.165) is 46.0 Å². The lowest BCUT2D eigenvalue weighted by molar-refractivity contribution is -0.113. The van der Waals surface area contributed by atoms with E-state index in [-0.39, 0.29) is 17.5 Å². The van der Waals surface area contributed by atoms with E-state index in [9.17, 15) is 9.18 Å². The number of para-hydroxylation sites is 1. The molecule has 0 saturated heterocycles. The van der Waals surface area contributed by atoms with Crippen molar-refractivity contribution in [1.82, 2.24) is 10.2 Å². The minimum Gasteiger partial charge on any atom is -0.325 e. The minimum absolute atomic E-state index is 0.0703. The Bertz CT molecular complexity index is 1240. The highest BCUT2D eigenvalue weighted by Gasteiger charge is 2.14. The highest BCUT2D eigenvalue weighted by atomic mass is 32.2. The van der Waals surface area contributed by atoms with E-state index in [1.807, 2.05) is 30.3 Å². The molecule has 0 radical (unpaired) electrons. The van der Waals surface area contributed by atoms with Gasteiger partial charge in [0.25, 0.3) is 0 Å². The molecule has 3 aromatic carbocycles. The molecule has 0 saturated carbocycles. The Labute approximate surface area is 191 Å². The Morgan fingerprint density at radius 2 is 1.53 bits per heavy atom. The number of anilines is 1. The lowest BCUT2D eigenvalue weighted by atomic mass is 10.0. The second-order valence-electron chi connectivity index (χ2n) is 7.40. The zero-order valence-electron chi connectivity index (χ0n) is 18.1. The van der Waals surface area contributed by atoms with Crippen molar-refractivity contribution in [3.63, 3.8) is 0 Å². The summed E-state index contributed by atoms with van der Waals surface area (Å²) in [6.07, 6.45) is 1.72. The Morgan fingerprint density at radius 3 is 2.19 bits per heavy atom. The number of thioether (sulfide) groups is 1. The molecule has 1 N–H and O–H groups in total. The van der Waals surface area contributed by atoms with E-state index in [1.54, 1.807) is 12.1 Å². The molecule has 0 fully saturated rings. The van der Waals surface area contributed by atoms with E-state index in [2.05, 4.69) is 41.5 Å². The molecule has 0 atom stereocenters. The lowest BCUT2D eigenvalue weighted by Crippen LogP contribution is -2.17. The van der Waals surface area contributed by atoms with Gasteiger partial charge in [-0.2, -0.15) is 0 Å². The first-order valence-electron chi connectivity index (χ1n) is 10.7. The summed E-state index contributed by atoms with van der Waals surface area (Å²) in [5, 5.41) is 14.4. The SMILES string of the molecule is CCc1cccc(CC)c1NC(=O)CSc1nnc(-c2ccc(F)cc2)c2ccccc12. The van der Waals surface area contributed by atoms with E-state index < -0.39 is 0 Å². The molecule has 32 heavy (non-hydrogen) atoms. The number of aromatic nitrogens is 2. The monoisotopic (exact) mass is 445 g/mol. The van der Waals surface area contributed by atoms with Crippen LogP contribution in [0.15, 0.2) is 71.8 Å². The minimum atomic E-state index is -0.292. The summed E-state index contributed by atoms with van der Waals surface area (Å²) in [4.78, 5) is 12.8. The van der Waals surface area contributed by atoms with Crippen molar-refractivity contribution in [3.05, 3.63) is 83.7 Å². The van der Waals surface area contributed by atoms with Crippen molar-refractivity contribution < 1.29 is 9.18 Å². The fraction of sp³-hybridized carbons (Fsp3) is 0.192. The number of carbonyl (C=O) groups is 1. The molecule has 4 nitrogen and oxygen atoms in total. The fourth-order valence-electron chi connectivity index (χ4n) is 3.72. The number of hydrogen-bond acceptors (Lipinski definition) is 4. The van der Waals surface area contributed by atoms with Crippen LogP contribution in [0.4, 0.5) is 10.1 Å². The maximum Gasteiger partial charge on any atom is 0.234 e. The molecule has 0 aliphatic rings. The van der Waals surface area contributed by atoms with Crippen LogP contribution in [0.3, 0.4) is 0 Å². The molecular weight excluding hydrogens is 421 g/mol. The molecule has 1 amide bonds. The summed E-state index contributed by atoms with van der Waals surface area (Å²) in [5.41, 5.74) is 4.69. The average molecular weight is 446 g/mol. The van der Waals surface area contributed by atoms with Gasteiger partial charge in [-0.25, -0.2) is 4.39 Å². The zero-order chi connectivity index (χ0) is 22.5. The predicted octanol–water partition coefficient (Wildman–Crippen LogP) is 6.29. The highest BCUT2D eigenvalue weighted by molar-refractivity contribution is 8.00. The second kappa shape index (κ2) is 9.92. The van der Waals surface area contributed by atoms with Crippen LogP contribution in [0, 0.1) is 5.82 Å². The first-order chi connectivity index (χ1) is 15.6. The molecule has 6 heteroatoms. The number of halogens is 1. The Kier molecular flexibility index (Phi) is 6.81. The van der Waals surface area contributed by atoms with E-state index in [4.69, 9.17) is 0 Å². The number of nitrogens with zero attached hydrogens (tertiary/aromatic N) is 2. The third kappa shape index (κ3) is 4.65. The van der Waals surface area contributed by atoms with Crippen LogP contribution < -0.4 is 5.32 Å². The van der Waals surface area contributed by atoms with E-state index in [1.165, 1.54) is 23.9 Å². The molecule has 0 aliphatic heterocycles. The van der Waals surface area contributed by atoms with Crippen LogP contribution >= 0.6 is 11.8 Å². The fourth-order valence-corrected chi connectivity index (χ4v) is 4.49. The predicted molar refractivity (Wildman–Crippen MR) is 129 cm³/mol. The van der Waals surface area contributed by atoms with E-state index >= 15 is 0 Å². The van der Waals surface area contributed by atoms with Gasteiger partial charge in [-0.3, -0.25) is 4.79 Å². The Balaban J connectivity index is 1.56. The van der Waals surface area contributed by atoms with Crippen LogP contribution in [0.25, 0.3) is 22.0 Å². The van der Waals surface area contributed by atoms with Crippen molar-refractivity contribution in [1.29, 1.82) is 0 Å². The van der Waals surface area contributed by atoms with Crippen LogP contribution in [0.5, 0.6) is 0 Å². The summed E-state index contributed by atoms with van der Waals surface area (Å²) in [7, 11) is 0. The van der Waals surface area contributed by atoms with Gasteiger partial charge in [0, 0.05) is 22.0 Å². The second-order valence-corrected chi connectivity index (χ2v) is 8.37. The number of fused-ring (bicyclic) bond motifs is 1. The standard InChI is InChI=1S/C26H24FN3OS/c1-3-17-8-7-9-18(4-2)24(17)28-23(31)16-32-26-22-11-6-5-10-21(22)25(29-30-26)19-12-14-20(27)15-13-19/h5-15H,3-4,16H2,1-2H3,(H,28,31). The molecule has 0 bridgehead atoms. The number of hydrogen-bond donors (Lipinski definition) is 1. The summed E-state index contributed by atoms with van der Waals surface area (Å²) in [6.45, 7) is 4.17. The first-order valence-corrected chi connectivity index (χ1v) is 11.6. The smallest absolute Gasteiger partial charge is 0.234 e. The van der Waals surface area contributed by atoms with Gasteiger partial charge in [0.2, 0.25) is 5.91 Å². The number of rotatable bonds is 7. The van der Waals surface area contributed by atoms with Gasteiger partial charge in [-0.15, -0.1) is 10.2 Å². The quantitative estimate of drug-likeness (QED) is 0.340. The van der Waals surface area contributed by atoms with Crippen molar-refractivity contribution in [2.24, 2.45) is 0 Å². The van der Waals surface area contributed by atoms with Crippen molar-refractivity contribution in [2.75, 3.05) is 11.1 Å². The normalized spacial score (nSPS) is 11.0. The molecular formula is C26H24FN3OS. The van der Waals surface area contributed by atoms with Gasteiger partial charge >= 0.3 is 0 Å². The maximum absolute atomic E-state index is 13.3. The van der Waals surface area contributed by atoms with Crippen LogP contribution in [0.2, 0.25) is 0 Å². The van der Waals surface area contributed by atoms with Gasteiger partial charge < -0.3 is 5.32 Å². The molecule has 0 spiro atoms. The lowest BCUT2D eigenvalue weighted by Gasteiger charge is -2.14. The molecule has 0 aliphatic carbocycles. The maximum atomic E-state index is 13.3. The van der Waals surface area contributed by atoms with Crippen molar-refractivity contribution in [2.45, 2.75) is 31.7 Å². The van der Waals surface area contributed by atoms with Gasteiger partial charge in [0.05, 0.1) is 5.75 Å². The van der Waals surface area contributed by atoms with Crippen molar-refractivity contribution >= 4 is 34.1 Å². The summed E-state index contributed by atoms with van der Waals surface area (Å²) < 4.78 is 13.3. The number of benzene rings is 3. The molecule has 1 heterocycles. The zero-order valence-corrected chi connectivity index (χ0v) is 18.9. The van der Waals surface area contributed by atoms with Crippen LogP contribution in [-0.4, -0.2) is 21.9 Å². The van der Waals surface area contributed by atoms with Gasteiger partial charge in [0.1, 0.15) is 16.5 Å². The van der Waals surface area contributed by atoms with Gasteiger partial charge in [-0.05, 0) is 48.2 Å². The average Bonchev–Trinajstić information content (AvgIpc) is 2.83. The number of amides is 1. The topological polar surface area (TPSA) is 54.9 Å². The van der Waals surface area contributed by atoms with E-state index in [0.29, 0.717) is 10.7 Å². The summed E-state index contributed by atoms with van der Waals surface area (Å²) in [5.74, 6) is -0.130. The first kappa shape index (κ1) is 22.0. The summed E-state index contributed by atoms with van der Waals surface area (Å²) >= 11 is 1.36. The van der Waals surface area contributed by atoms with Gasteiger partial charge in [-0.1, -0.05) is 68.1 Å². The number of nitrogens with one attached hydrogen (secondary N) is 1. The molecule has 4 rings (SSSR count). The summed E-state index contributed by atoms with van der Waals surface area (Å²) in [6, 6.07) is 20.2. The Hall–Kier alpha value is -3.25. The van der Waals surface area contributed by atoms with Crippen LogP contribution in [0.1, 0.15) is 25.0 Å². The van der Waals surface area contributed by atoms with Crippen LogP contribution in [-0.2, 0) is 17.6 Å². The molecule has 162 valence electrons. The third-order valence-corrected chi connectivity index (χ3v) is 6.36. The molecule has 4 aromatic rings. The van der Waals surface area contributed by atoms with Gasteiger partial charge in [0.15, 0.2) is 0 Å². The molecule has 1 aromatic heterocycles. The molecule has 0 unspecified atom stereocenters. The Morgan fingerprint density at radius 1 is 0.875 bits per heavy atom. The third-order valence-electron chi connectivity index (χ3n) is 5.37. The largest absolute Gasteiger partial charge is 0.325 e. The highest BCUT2D eigenvalue weighted by Crippen LogP contribution is 2.32. The van der Waals surface area contributed by atoms with Crippen molar-refractivity contribution in [3.8, 4) is 11.3 Å².